The number of amides is 2. The van der Waals surface area contributed by atoms with Gasteiger partial charge in [0.25, 0.3) is 0 Å². The Morgan fingerprint density at radius 3 is 1.62 bits per heavy atom. The standard InChI is InChI=1S/C22H29N3O2.C16H24BrN3O2.C7H9BO2.CH4/c1-17-7-5-6-8-19(17)20-10-9-18(15-23-20)16-24-11-13-25(14-12-24)21(26)27-22(2,3)4;1-12-13(5-6-14(17)18-12)11-19-7-9-20(10-8-19)15(21)22-16(2,3)4;1-6-4-2-3-5-7(6)8(9)10;/h5-10,15H,11-14,16H2,1-4H3;5-6H,7-11H2,1-4H3;2-5,9-10H,1H3;1H4. The van der Waals surface area contributed by atoms with Crippen LogP contribution in [-0.2, 0) is 22.6 Å². The minimum Gasteiger partial charge on any atom is -0.444 e. The molecule has 0 saturated carbocycles. The fourth-order valence-electron chi connectivity index (χ4n) is 6.47. The highest BCUT2D eigenvalue weighted by Gasteiger charge is 2.27. The first-order valence-corrected chi connectivity index (χ1v) is 21.0. The van der Waals surface area contributed by atoms with E-state index in [4.69, 9.17) is 19.5 Å². The van der Waals surface area contributed by atoms with E-state index in [1.54, 1.807) is 21.9 Å². The van der Waals surface area contributed by atoms with Crippen molar-refractivity contribution >= 4 is 40.7 Å². The van der Waals surface area contributed by atoms with Crippen LogP contribution in [0.2, 0.25) is 0 Å². The highest BCUT2D eigenvalue weighted by Crippen LogP contribution is 2.22. The third kappa shape index (κ3) is 16.6. The molecule has 60 heavy (non-hydrogen) atoms. The van der Waals surface area contributed by atoms with Gasteiger partial charge in [-0.05, 0) is 113 Å². The van der Waals surface area contributed by atoms with Gasteiger partial charge in [0.15, 0.2) is 0 Å². The van der Waals surface area contributed by atoms with Gasteiger partial charge in [0.1, 0.15) is 15.8 Å². The summed E-state index contributed by atoms with van der Waals surface area (Å²) in [6.07, 6.45) is 1.53. The molecule has 2 amide bonds. The third-order valence-corrected chi connectivity index (χ3v) is 10.2. The second-order valence-electron chi connectivity index (χ2n) is 17.0. The summed E-state index contributed by atoms with van der Waals surface area (Å²) in [7, 11) is -1.35. The Hall–Kier alpha value is -4.34. The number of carbonyl (C=O) groups is 2. The molecule has 0 unspecified atom stereocenters. The molecule has 0 bridgehead atoms. The fourth-order valence-corrected chi connectivity index (χ4v) is 6.87. The predicted molar refractivity (Wildman–Crippen MR) is 245 cm³/mol. The molecule has 14 heteroatoms. The van der Waals surface area contributed by atoms with Crippen molar-refractivity contribution in [3.05, 3.63) is 112 Å². The minimum absolute atomic E-state index is 0. The number of carbonyl (C=O) groups excluding carboxylic acids is 2. The van der Waals surface area contributed by atoms with Crippen LogP contribution in [0, 0.1) is 20.8 Å². The van der Waals surface area contributed by atoms with E-state index >= 15 is 0 Å². The van der Waals surface area contributed by atoms with Crippen LogP contribution in [-0.4, -0.2) is 122 Å². The van der Waals surface area contributed by atoms with Gasteiger partial charge in [-0.15, -0.1) is 0 Å². The number of ether oxygens (including phenoxy) is 2. The third-order valence-electron chi connectivity index (χ3n) is 9.72. The van der Waals surface area contributed by atoms with E-state index < -0.39 is 18.3 Å². The highest BCUT2D eigenvalue weighted by molar-refractivity contribution is 9.10. The number of benzene rings is 2. The molecule has 2 aromatic carbocycles. The lowest BCUT2D eigenvalue weighted by atomic mass is 9.77. The summed E-state index contributed by atoms with van der Waals surface area (Å²) in [6, 6.07) is 23.8. The Labute approximate surface area is 367 Å². The summed E-state index contributed by atoms with van der Waals surface area (Å²) < 4.78 is 11.7. The lowest BCUT2D eigenvalue weighted by molar-refractivity contribution is 0.0129. The van der Waals surface area contributed by atoms with Gasteiger partial charge in [-0.1, -0.05) is 73.7 Å². The molecule has 2 fully saturated rings. The molecule has 4 aromatic rings. The fraction of sp³-hybridized carbons (Fsp3) is 0.478. The maximum atomic E-state index is 12.2. The zero-order valence-electron chi connectivity index (χ0n) is 36.2. The molecule has 12 nitrogen and oxygen atoms in total. The normalized spacial score (nSPS) is 14.7. The van der Waals surface area contributed by atoms with E-state index in [0.29, 0.717) is 31.6 Å². The van der Waals surface area contributed by atoms with Gasteiger partial charge in [-0.25, -0.2) is 14.6 Å². The molecule has 0 aliphatic carbocycles. The van der Waals surface area contributed by atoms with E-state index in [2.05, 4.69) is 73.0 Å². The lowest BCUT2D eigenvalue weighted by Gasteiger charge is -2.35. The van der Waals surface area contributed by atoms with Crippen LogP contribution in [0.4, 0.5) is 9.59 Å². The molecular weight excluding hydrogens is 823 g/mol. The summed E-state index contributed by atoms with van der Waals surface area (Å²) in [5, 5.41) is 17.5. The molecule has 2 N–H and O–H groups in total. The van der Waals surface area contributed by atoms with Crippen molar-refractivity contribution in [1.29, 1.82) is 0 Å². The first-order valence-electron chi connectivity index (χ1n) is 20.2. The van der Waals surface area contributed by atoms with Crippen molar-refractivity contribution in [2.45, 2.75) is 94.0 Å². The van der Waals surface area contributed by atoms with Crippen LogP contribution in [0.25, 0.3) is 11.3 Å². The average Bonchev–Trinajstić information content (AvgIpc) is 3.16. The highest BCUT2D eigenvalue weighted by atomic mass is 79.9. The van der Waals surface area contributed by atoms with Crippen molar-refractivity contribution in [1.82, 2.24) is 29.6 Å². The summed E-state index contributed by atoms with van der Waals surface area (Å²) in [6.45, 7) is 25.3. The number of hydrogen-bond acceptors (Lipinski definition) is 10. The van der Waals surface area contributed by atoms with E-state index in [-0.39, 0.29) is 19.6 Å². The molecule has 0 atom stereocenters. The Kier molecular flexibility index (Phi) is 19.2. The number of aryl methyl sites for hydroxylation is 3. The Balaban J connectivity index is 0.000000261. The van der Waals surface area contributed by atoms with Crippen LogP contribution < -0.4 is 5.46 Å². The van der Waals surface area contributed by atoms with Crippen molar-refractivity contribution in [3.63, 3.8) is 0 Å². The van der Waals surface area contributed by atoms with Crippen LogP contribution in [0.3, 0.4) is 0 Å². The zero-order valence-corrected chi connectivity index (χ0v) is 37.8. The second kappa shape index (κ2) is 23.0. The molecule has 326 valence electrons. The van der Waals surface area contributed by atoms with Crippen molar-refractivity contribution in [2.24, 2.45) is 0 Å². The number of aromatic nitrogens is 2. The van der Waals surface area contributed by atoms with E-state index in [1.165, 1.54) is 22.3 Å². The van der Waals surface area contributed by atoms with Gasteiger partial charge < -0.3 is 29.3 Å². The Morgan fingerprint density at radius 2 is 1.18 bits per heavy atom. The summed E-state index contributed by atoms with van der Waals surface area (Å²) >= 11 is 3.39. The molecule has 0 spiro atoms. The number of hydrogen-bond donors (Lipinski definition) is 2. The topological polar surface area (TPSA) is 132 Å². The van der Waals surface area contributed by atoms with Crippen LogP contribution >= 0.6 is 15.9 Å². The van der Waals surface area contributed by atoms with Crippen molar-refractivity contribution in [2.75, 3.05) is 52.4 Å². The van der Waals surface area contributed by atoms with Crippen molar-refractivity contribution in [3.8, 4) is 11.3 Å². The maximum absolute atomic E-state index is 12.2. The largest absolute Gasteiger partial charge is 0.488 e. The van der Waals surface area contributed by atoms with Crippen LogP contribution in [0.15, 0.2) is 83.6 Å². The molecular formula is C46H66BBrN6O6. The number of nitrogens with zero attached hydrogens (tertiary/aromatic N) is 6. The molecule has 4 heterocycles. The first kappa shape index (κ1) is 50.0. The molecule has 2 aliphatic heterocycles. The summed E-state index contributed by atoms with van der Waals surface area (Å²) in [5.74, 6) is 0. The number of halogens is 1. The first-order chi connectivity index (χ1) is 27.8. The van der Waals surface area contributed by atoms with Crippen LogP contribution in [0.1, 0.15) is 76.9 Å². The minimum atomic E-state index is -1.35. The molecule has 6 rings (SSSR count). The Morgan fingerprint density at radius 1 is 0.683 bits per heavy atom. The zero-order chi connectivity index (χ0) is 43.3. The molecule has 2 aliphatic rings. The molecule has 2 saturated heterocycles. The summed E-state index contributed by atoms with van der Waals surface area (Å²) in [4.78, 5) is 41.5. The molecule has 0 radical (unpaired) electrons. The predicted octanol–water partition coefficient (Wildman–Crippen LogP) is 7.63. The summed E-state index contributed by atoms with van der Waals surface area (Å²) in [5.41, 5.74) is 7.47. The second-order valence-corrected chi connectivity index (χ2v) is 17.8. The van der Waals surface area contributed by atoms with Gasteiger partial charge in [0, 0.05) is 82.9 Å². The van der Waals surface area contributed by atoms with Gasteiger partial charge in [-0.3, -0.25) is 14.8 Å². The van der Waals surface area contributed by atoms with E-state index in [9.17, 15) is 9.59 Å². The van der Waals surface area contributed by atoms with Crippen molar-refractivity contribution < 1.29 is 29.1 Å². The average molecular weight is 890 g/mol. The maximum Gasteiger partial charge on any atom is 0.488 e. The number of rotatable bonds is 6. The number of pyridine rings is 2. The number of piperazine rings is 2. The van der Waals surface area contributed by atoms with E-state index in [0.717, 1.165) is 60.8 Å². The van der Waals surface area contributed by atoms with Gasteiger partial charge >= 0.3 is 19.3 Å². The van der Waals surface area contributed by atoms with Gasteiger partial charge in [-0.2, -0.15) is 0 Å². The monoisotopic (exact) mass is 888 g/mol. The lowest BCUT2D eigenvalue weighted by Crippen LogP contribution is -2.49. The van der Waals surface area contributed by atoms with E-state index in [1.807, 2.05) is 91.9 Å². The smallest absolute Gasteiger partial charge is 0.444 e. The van der Waals surface area contributed by atoms with Crippen LogP contribution in [0.5, 0.6) is 0 Å². The molecule has 2 aromatic heterocycles. The van der Waals surface area contributed by atoms with Gasteiger partial charge in [0.2, 0.25) is 0 Å². The Bertz CT molecular complexity index is 1950. The van der Waals surface area contributed by atoms with Gasteiger partial charge in [0.05, 0.1) is 5.69 Å². The SMILES string of the molecule is C.Cc1ccccc1-c1ccc(CN2CCN(C(=O)OC(C)(C)C)CC2)cn1.Cc1ccccc1B(O)O.Cc1nc(Br)ccc1CN1CCN(C(=O)OC(C)(C)C)CC1. The quantitative estimate of drug-likeness (QED) is 0.147.